The highest BCUT2D eigenvalue weighted by Gasteiger charge is 2.49. The predicted molar refractivity (Wildman–Crippen MR) is 200 cm³/mol. The lowest BCUT2D eigenvalue weighted by atomic mass is 9.72. The van der Waals surface area contributed by atoms with Crippen molar-refractivity contribution in [3.63, 3.8) is 0 Å². The van der Waals surface area contributed by atoms with E-state index in [1.54, 1.807) is 72.2 Å². The fourth-order valence-electron chi connectivity index (χ4n) is 7.95. The van der Waals surface area contributed by atoms with Crippen molar-refractivity contribution in [2.75, 3.05) is 13.1 Å². The number of fused-ring (bicyclic) bond motifs is 3. The van der Waals surface area contributed by atoms with Gasteiger partial charge in [0.25, 0.3) is 15.9 Å². The van der Waals surface area contributed by atoms with Crippen LogP contribution in [0.2, 0.25) is 0 Å². The van der Waals surface area contributed by atoms with Crippen molar-refractivity contribution in [3.05, 3.63) is 109 Å². The van der Waals surface area contributed by atoms with Gasteiger partial charge in [0.05, 0.1) is 38.5 Å². The highest BCUT2D eigenvalue weighted by Crippen LogP contribution is 2.48. The number of ether oxygens (including phenoxy) is 1. The summed E-state index contributed by atoms with van der Waals surface area (Å²) < 4.78 is 35.3. The van der Waals surface area contributed by atoms with E-state index in [2.05, 4.69) is 15.6 Å². The minimum Gasteiger partial charge on any atom is -0.455 e. The molecule has 2 N–H and O–H groups in total. The number of para-hydroxylation sites is 1. The van der Waals surface area contributed by atoms with Crippen LogP contribution in [0.3, 0.4) is 0 Å². The molecule has 3 aliphatic rings. The fourth-order valence-corrected chi connectivity index (χ4v) is 10.5. The molecule has 0 radical (unpaired) electrons. The molecule has 2 aliphatic heterocycles. The molecule has 1 saturated carbocycles. The van der Waals surface area contributed by atoms with Crippen LogP contribution in [0.4, 0.5) is 0 Å². The van der Waals surface area contributed by atoms with Crippen LogP contribution >= 0.6 is 11.8 Å². The molecule has 1 saturated heterocycles. The van der Waals surface area contributed by atoms with Gasteiger partial charge in [0, 0.05) is 29.9 Å². The van der Waals surface area contributed by atoms with E-state index in [1.165, 1.54) is 22.3 Å². The summed E-state index contributed by atoms with van der Waals surface area (Å²) in [6.45, 7) is 1.89. The lowest BCUT2D eigenvalue weighted by molar-refractivity contribution is -0.138. The average Bonchev–Trinajstić information content (AvgIpc) is 3.76. The summed E-state index contributed by atoms with van der Waals surface area (Å²) in [5.41, 5.74) is 0.991. The molecule has 272 valence electrons. The molecule has 0 bridgehead atoms. The lowest BCUT2D eigenvalue weighted by Crippen LogP contribution is -2.49. The zero-order valence-electron chi connectivity index (χ0n) is 29.2. The topological polar surface area (TPSA) is 140 Å². The first-order chi connectivity index (χ1) is 25.6. The van der Waals surface area contributed by atoms with Crippen molar-refractivity contribution in [1.29, 1.82) is 0 Å². The molecule has 3 amide bonds. The van der Waals surface area contributed by atoms with Gasteiger partial charge in [-0.05, 0) is 86.2 Å². The van der Waals surface area contributed by atoms with Gasteiger partial charge >= 0.3 is 0 Å². The maximum absolute atomic E-state index is 14.2. The summed E-state index contributed by atoms with van der Waals surface area (Å²) in [7, 11) is -4.03. The number of likely N-dealkylation sites (tertiary alicyclic amines) is 1. The minimum atomic E-state index is -4.03. The number of rotatable bonds is 8. The smallest absolute Gasteiger partial charge is 0.268 e. The van der Waals surface area contributed by atoms with E-state index in [0.717, 1.165) is 47.6 Å². The monoisotopic (exact) mass is 749 g/mol. The Morgan fingerprint density at radius 1 is 0.943 bits per heavy atom. The van der Waals surface area contributed by atoms with Gasteiger partial charge < -0.3 is 20.3 Å². The molecule has 3 aromatic carbocycles. The zero-order valence-corrected chi connectivity index (χ0v) is 30.8. The second kappa shape index (κ2) is 14.0. The molecule has 1 unspecified atom stereocenters. The highest BCUT2D eigenvalue weighted by molar-refractivity contribution is 7.99. The van der Waals surface area contributed by atoms with Crippen LogP contribution in [-0.2, 0) is 19.6 Å². The van der Waals surface area contributed by atoms with E-state index in [1.807, 2.05) is 30.3 Å². The maximum Gasteiger partial charge on any atom is 0.268 e. The van der Waals surface area contributed by atoms with Crippen LogP contribution in [0.5, 0.6) is 11.5 Å². The van der Waals surface area contributed by atoms with Crippen molar-refractivity contribution in [2.24, 2.45) is 5.41 Å². The average molecular weight is 750 g/mol. The minimum absolute atomic E-state index is 0.120. The van der Waals surface area contributed by atoms with Crippen LogP contribution < -0.4 is 15.4 Å². The number of carbonyl (C=O) groups excluding carboxylic acids is 3. The predicted octanol–water partition coefficient (Wildman–Crippen LogP) is 6.69. The van der Waals surface area contributed by atoms with Crippen LogP contribution in [-0.4, -0.2) is 59.1 Å². The van der Waals surface area contributed by atoms with E-state index in [0.29, 0.717) is 40.9 Å². The van der Waals surface area contributed by atoms with E-state index in [-0.39, 0.29) is 28.7 Å². The number of amides is 3. The molecule has 11 nitrogen and oxygen atoms in total. The van der Waals surface area contributed by atoms with Gasteiger partial charge in [0.15, 0.2) is 0 Å². The van der Waals surface area contributed by atoms with E-state index >= 15 is 0 Å². The number of aromatic nitrogens is 2. The normalized spacial score (nSPS) is 18.1. The number of nitrogens with zero attached hydrogens (tertiary/aromatic N) is 3. The summed E-state index contributed by atoms with van der Waals surface area (Å²) >= 11 is 1.57. The van der Waals surface area contributed by atoms with Gasteiger partial charge in [-0.15, -0.1) is 0 Å². The standard InChI is InChI=1S/C40H39N5O6S2/c1-26(31-20-28-23-41-19-16-30(28)45(31)53(49,50)29-10-4-2-5-11-29)43-39(48)32-22-40(17-8-3-9-18-40)25-44(32)37(46)24-42-38(47)27-14-15-36-34(21-27)51-33-12-6-7-13-35(33)52-36/h2,4-7,10-16,19-21,23,26,32H,3,8-9,17-18,22,24-25H2,1H3,(H,42,47)(H,43,48)/t26?,32-/m0/s1. The maximum atomic E-state index is 14.2. The van der Waals surface area contributed by atoms with Crippen molar-refractivity contribution in [3.8, 4) is 11.5 Å². The Kier molecular flexibility index (Phi) is 9.23. The molecule has 2 atom stereocenters. The van der Waals surface area contributed by atoms with Gasteiger partial charge in [0.2, 0.25) is 11.8 Å². The highest BCUT2D eigenvalue weighted by atomic mass is 32.2. The summed E-state index contributed by atoms with van der Waals surface area (Å²) in [5, 5.41) is 6.45. The summed E-state index contributed by atoms with van der Waals surface area (Å²) in [6.07, 6.45) is 8.62. The molecular formula is C40H39N5O6S2. The van der Waals surface area contributed by atoms with Gasteiger partial charge in [0.1, 0.15) is 17.5 Å². The number of carbonyl (C=O) groups is 3. The molecule has 1 aliphatic carbocycles. The van der Waals surface area contributed by atoms with E-state index in [9.17, 15) is 22.8 Å². The molecule has 2 fully saturated rings. The Morgan fingerprint density at radius 2 is 1.70 bits per heavy atom. The van der Waals surface area contributed by atoms with Crippen LogP contribution in [0, 0.1) is 5.41 Å². The molecule has 13 heteroatoms. The second-order valence-corrected chi connectivity index (χ2v) is 17.0. The quantitative estimate of drug-likeness (QED) is 0.176. The van der Waals surface area contributed by atoms with Crippen LogP contribution in [0.15, 0.2) is 112 Å². The van der Waals surface area contributed by atoms with Crippen molar-refractivity contribution >= 4 is 50.4 Å². The first kappa shape index (κ1) is 34.9. The molecular weight excluding hydrogens is 711 g/mol. The molecule has 2 aromatic heterocycles. The summed E-state index contributed by atoms with van der Waals surface area (Å²) in [4.78, 5) is 49.3. The van der Waals surface area contributed by atoms with Gasteiger partial charge in [-0.1, -0.05) is 61.4 Å². The molecule has 53 heavy (non-hydrogen) atoms. The van der Waals surface area contributed by atoms with Crippen LogP contribution in [0.25, 0.3) is 10.9 Å². The number of hydrogen-bond donors (Lipinski definition) is 2. The number of nitrogens with one attached hydrogen (secondary N) is 2. The van der Waals surface area contributed by atoms with E-state index in [4.69, 9.17) is 4.74 Å². The number of pyridine rings is 1. The van der Waals surface area contributed by atoms with Crippen molar-refractivity contribution in [1.82, 2.24) is 24.5 Å². The third-order valence-corrected chi connectivity index (χ3v) is 13.5. The van der Waals surface area contributed by atoms with Gasteiger partial charge in [-0.3, -0.25) is 19.4 Å². The summed E-state index contributed by atoms with van der Waals surface area (Å²) in [5.74, 6) is 0.162. The second-order valence-electron chi connectivity index (χ2n) is 14.1. The third-order valence-electron chi connectivity index (χ3n) is 10.6. The van der Waals surface area contributed by atoms with Crippen LogP contribution in [0.1, 0.15) is 67.5 Å². The Hall–Kier alpha value is -5.14. The Morgan fingerprint density at radius 3 is 2.51 bits per heavy atom. The zero-order chi connectivity index (χ0) is 36.7. The Labute approximate surface area is 312 Å². The van der Waals surface area contributed by atoms with Gasteiger partial charge in [-0.25, -0.2) is 12.4 Å². The molecule has 8 rings (SSSR count). The van der Waals surface area contributed by atoms with E-state index < -0.39 is 28.0 Å². The van der Waals surface area contributed by atoms with Crippen molar-refractivity contribution < 1.29 is 27.5 Å². The largest absolute Gasteiger partial charge is 0.455 e. The first-order valence-corrected chi connectivity index (χ1v) is 20.1. The Bertz CT molecular complexity index is 2340. The first-order valence-electron chi connectivity index (χ1n) is 17.8. The third kappa shape index (κ3) is 6.67. The molecule has 5 aromatic rings. The molecule has 4 heterocycles. The van der Waals surface area contributed by atoms with Crippen molar-refractivity contribution in [2.45, 2.75) is 72.2 Å². The number of hydrogen-bond acceptors (Lipinski definition) is 8. The lowest BCUT2D eigenvalue weighted by Gasteiger charge is -2.33. The fraction of sp³-hybridized carbons (Fsp3) is 0.300. The molecule has 1 spiro atoms. The van der Waals surface area contributed by atoms with Gasteiger partial charge in [-0.2, -0.15) is 0 Å². The SMILES string of the molecule is CC(NC(=O)[C@@H]1CC2(CCCCC2)CN1C(=O)CNC(=O)c1ccc2c(c1)Oc1ccccc1S2)c1cc2cnccc2n1S(=O)(=O)c1ccccc1. The Balaban J connectivity index is 1.01. The summed E-state index contributed by atoms with van der Waals surface area (Å²) in [6, 6.07) is 22.9. The number of benzene rings is 3.